The molecule has 0 aliphatic carbocycles. The maximum Gasteiger partial charge on any atom is 0.332 e. The number of carbonyl (C=O) groups is 1. The summed E-state index contributed by atoms with van der Waals surface area (Å²) in [7, 11) is 4.46. The second kappa shape index (κ2) is 7.80. The van der Waals surface area contributed by atoms with E-state index in [0.29, 0.717) is 5.75 Å². The molecule has 0 bridgehead atoms. The van der Waals surface area contributed by atoms with Crippen molar-refractivity contribution in [3.63, 3.8) is 0 Å². The SMILES string of the molecule is COc1ccc(/C=N/NC(=O)Cn2cnc3c2c(=O)n(C)c(=O)n3C)cc1Br. The third-order valence-corrected chi connectivity index (χ3v) is 4.73. The highest BCUT2D eigenvalue weighted by atomic mass is 79.9. The van der Waals surface area contributed by atoms with Crippen molar-refractivity contribution in [2.45, 2.75) is 6.54 Å². The van der Waals surface area contributed by atoms with Crippen LogP contribution < -0.4 is 21.4 Å². The lowest BCUT2D eigenvalue weighted by molar-refractivity contribution is -0.121. The molecule has 28 heavy (non-hydrogen) atoms. The van der Waals surface area contributed by atoms with E-state index in [1.54, 1.807) is 25.3 Å². The molecule has 0 aliphatic heterocycles. The second-order valence-corrected chi connectivity index (χ2v) is 6.79. The van der Waals surface area contributed by atoms with E-state index in [1.807, 2.05) is 0 Å². The Labute approximate surface area is 167 Å². The molecule has 0 saturated heterocycles. The molecular weight excluding hydrogens is 432 g/mol. The summed E-state index contributed by atoms with van der Waals surface area (Å²) in [6.45, 7) is -0.173. The number of rotatable bonds is 5. The van der Waals surface area contributed by atoms with Crippen LogP contribution in [0.2, 0.25) is 0 Å². The van der Waals surface area contributed by atoms with Gasteiger partial charge in [-0.1, -0.05) is 0 Å². The fraction of sp³-hybridized carbons (Fsp3) is 0.235. The van der Waals surface area contributed by atoms with Crippen LogP contribution in [-0.4, -0.2) is 37.9 Å². The van der Waals surface area contributed by atoms with E-state index in [0.717, 1.165) is 14.6 Å². The summed E-state index contributed by atoms with van der Waals surface area (Å²) in [5.74, 6) is 0.239. The molecule has 2 heterocycles. The number of aromatic nitrogens is 4. The first-order valence-electron chi connectivity index (χ1n) is 8.09. The number of hydrogen-bond donors (Lipinski definition) is 1. The molecule has 10 nitrogen and oxygen atoms in total. The lowest BCUT2D eigenvalue weighted by Crippen LogP contribution is -2.38. The van der Waals surface area contributed by atoms with Gasteiger partial charge in [-0.15, -0.1) is 0 Å². The van der Waals surface area contributed by atoms with Gasteiger partial charge >= 0.3 is 5.69 Å². The van der Waals surface area contributed by atoms with Crippen LogP contribution in [0, 0.1) is 0 Å². The van der Waals surface area contributed by atoms with Crippen molar-refractivity contribution >= 4 is 39.2 Å². The summed E-state index contributed by atoms with van der Waals surface area (Å²) in [6, 6.07) is 5.35. The number of nitrogens with one attached hydrogen (secondary N) is 1. The van der Waals surface area contributed by atoms with Crippen molar-refractivity contribution in [3.8, 4) is 5.75 Å². The third-order valence-electron chi connectivity index (χ3n) is 4.11. The van der Waals surface area contributed by atoms with Crippen molar-refractivity contribution in [2.75, 3.05) is 7.11 Å². The molecule has 3 rings (SSSR count). The number of fused-ring (bicyclic) bond motifs is 1. The molecule has 11 heteroatoms. The Morgan fingerprint density at radius 1 is 1.32 bits per heavy atom. The number of carbonyl (C=O) groups excluding carboxylic acids is 1. The zero-order valence-electron chi connectivity index (χ0n) is 15.3. The van der Waals surface area contributed by atoms with Crippen molar-refractivity contribution in [3.05, 3.63) is 55.4 Å². The Bertz CT molecular complexity index is 1210. The van der Waals surface area contributed by atoms with E-state index in [-0.39, 0.29) is 17.7 Å². The Hall–Kier alpha value is -3.21. The smallest absolute Gasteiger partial charge is 0.332 e. The second-order valence-electron chi connectivity index (χ2n) is 5.94. The number of benzene rings is 1. The normalized spacial score (nSPS) is 11.3. The highest BCUT2D eigenvalue weighted by Gasteiger charge is 2.15. The van der Waals surface area contributed by atoms with Crippen molar-refractivity contribution in [1.29, 1.82) is 0 Å². The fourth-order valence-electron chi connectivity index (χ4n) is 2.65. The predicted octanol–water partition coefficient (Wildman–Crippen LogP) is 0.355. The van der Waals surface area contributed by atoms with Crippen molar-refractivity contribution < 1.29 is 9.53 Å². The fourth-order valence-corrected chi connectivity index (χ4v) is 3.21. The zero-order valence-corrected chi connectivity index (χ0v) is 16.9. The van der Waals surface area contributed by atoms with Gasteiger partial charge in [0.15, 0.2) is 11.2 Å². The van der Waals surface area contributed by atoms with Crippen molar-refractivity contribution in [1.82, 2.24) is 24.1 Å². The van der Waals surface area contributed by atoms with E-state index < -0.39 is 17.2 Å². The number of methoxy groups -OCH3 is 1. The minimum atomic E-state index is -0.519. The van der Waals surface area contributed by atoms with E-state index in [1.165, 1.54) is 35.8 Å². The van der Waals surface area contributed by atoms with Gasteiger partial charge in [0.2, 0.25) is 0 Å². The van der Waals surface area contributed by atoms with Gasteiger partial charge < -0.3 is 9.30 Å². The molecule has 0 radical (unpaired) electrons. The van der Waals surface area contributed by atoms with Crippen molar-refractivity contribution in [2.24, 2.45) is 19.2 Å². The predicted molar refractivity (Wildman–Crippen MR) is 107 cm³/mol. The zero-order chi connectivity index (χ0) is 20.4. The Balaban J connectivity index is 1.76. The van der Waals surface area contributed by atoms with E-state index in [2.05, 4.69) is 31.4 Å². The van der Waals surface area contributed by atoms with Gasteiger partial charge in [-0.3, -0.25) is 18.7 Å². The monoisotopic (exact) mass is 448 g/mol. The summed E-state index contributed by atoms with van der Waals surface area (Å²) in [6.07, 6.45) is 2.83. The van der Waals surface area contributed by atoms with Gasteiger partial charge in [0.1, 0.15) is 12.3 Å². The average molecular weight is 449 g/mol. The molecular formula is C17H17BrN6O4. The van der Waals surface area contributed by atoms with Gasteiger partial charge in [0, 0.05) is 14.1 Å². The van der Waals surface area contributed by atoms with E-state index in [4.69, 9.17) is 4.74 Å². The van der Waals surface area contributed by atoms with E-state index in [9.17, 15) is 14.4 Å². The summed E-state index contributed by atoms with van der Waals surface area (Å²) in [5, 5.41) is 3.91. The number of hydrogen-bond acceptors (Lipinski definition) is 6. The summed E-state index contributed by atoms with van der Waals surface area (Å²) in [4.78, 5) is 40.5. The van der Waals surface area contributed by atoms with Crippen LogP contribution in [-0.2, 0) is 25.4 Å². The number of ether oxygens (including phenoxy) is 1. The number of amides is 1. The highest BCUT2D eigenvalue weighted by molar-refractivity contribution is 9.10. The molecule has 0 saturated carbocycles. The van der Waals surface area contributed by atoms with Crippen LogP contribution in [0.5, 0.6) is 5.75 Å². The minimum Gasteiger partial charge on any atom is -0.496 e. The molecule has 0 unspecified atom stereocenters. The maximum absolute atomic E-state index is 12.4. The molecule has 146 valence electrons. The molecule has 1 amide bonds. The first-order valence-corrected chi connectivity index (χ1v) is 8.89. The van der Waals surface area contributed by atoms with Crippen LogP contribution >= 0.6 is 15.9 Å². The molecule has 0 atom stereocenters. The number of nitrogens with zero attached hydrogens (tertiary/aromatic N) is 5. The summed E-state index contributed by atoms with van der Waals surface area (Å²) in [5.41, 5.74) is 2.54. The molecule has 0 spiro atoms. The molecule has 3 aromatic rings. The van der Waals surface area contributed by atoms with Crippen LogP contribution in [0.3, 0.4) is 0 Å². The number of imidazole rings is 1. The lowest BCUT2D eigenvalue weighted by atomic mass is 10.2. The van der Waals surface area contributed by atoms with Crippen LogP contribution in [0.4, 0.5) is 0 Å². The Morgan fingerprint density at radius 3 is 2.75 bits per heavy atom. The number of hydrazone groups is 1. The highest BCUT2D eigenvalue weighted by Crippen LogP contribution is 2.24. The number of aryl methyl sites for hydroxylation is 1. The van der Waals surface area contributed by atoms with Crippen LogP contribution in [0.15, 0.2) is 43.7 Å². The maximum atomic E-state index is 12.4. The molecule has 1 aromatic carbocycles. The summed E-state index contributed by atoms with van der Waals surface area (Å²) >= 11 is 3.37. The van der Waals surface area contributed by atoms with Crippen LogP contribution in [0.1, 0.15) is 5.56 Å². The number of halogens is 1. The first kappa shape index (κ1) is 19.5. The topological polar surface area (TPSA) is 113 Å². The van der Waals surface area contributed by atoms with Gasteiger partial charge in [0.25, 0.3) is 11.5 Å². The third kappa shape index (κ3) is 3.60. The largest absolute Gasteiger partial charge is 0.496 e. The Morgan fingerprint density at radius 2 is 2.07 bits per heavy atom. The van der Waals surface area contributed by atoms with Gasteiger partial charge in [-0.25, -0.2) is 15.2 Å². The average Bonchev–Trinajstić information content (AvgIpc) is 3.08. The first-order chi connectivity index (χ1) is 13.3. The van der Waals surface area contributed by atoms with Gasteiger partial charge in [0.05, 0.1) is 24.1 Å². The molecule has 0 fully saturated rings. The summed E-state index contributed by atoms with van der Waals surface area (Å²) < 4.78 is 9.52. The van der Waals surface area contributed by atoms with Gasteiger partial charge in [-0.05, 0) is 39.7 Å². The van der Waals surface area contributed by atoms with E-state index >= 15 is 0 Å². The molecule has 0 aliphatic rings. The minimum absolute atomic E-state index is 0.169. The Kier molecular flexibility index (Phi) is 5.45. The molecule has 2 aromatic heterocycles. The standard InChI is InChI=1S/C17H17BrN6O4/c1-22-15-14(16(26)23(2)17(22)27)24(9-19-15)8-13(25)21-20-7-10-4-5-12(28-3)11(18)6-10/h4-7,9H,8H2,1-3H3,(H,21,25)/b20-7+. The lowest BCUT2D eigenvalue weighted by Gasteiger charge is -2.06. The van der Waals surface area contributed by atoms with Gasteiger partial charge in [-0.2, -0.15) is 5.10 Å². The molecule has 1 N–H and O–H groups in total. The quantitative estimate of drug-likeness (QED) is 0.447. The van der Waals surface area contributed by atoms with Crippen LogP contribution in [0.25, 0.3) is 11.2 Å².